The summed E-state index contributed by atoms with van der Waals surface area (Å²) in [7, 11) is 0. The van der Waals surface area contributed by atoms with E-state index in [-0.39, 0.29) is 5.91 Å². The lowest BCUT2D eigenvalue weighted by atomic mass is 10.2. The maximum absolute atomic E-state index is 11.9. The fraction of sp³-hybridized carbons (Fsp3) is 0.417. The van der Waals surface area contributed by atoms with E-state index in [0.717, 1.165) is 23.3 Å². The average Bonchev–Trinajstić information content (AvgIpc) is 2.97. The van der Waals surface area contributed by atoms with Crippen molar-refractivity contribution in [2.75, 3.05) is 19.6 Å². The number of rotatable bonds is 5. The number of amides is 1. The largest absolute Gasteiger partial charge is 0.350 e. The van der Waals surface area contributed by atoms with E-state index in [0.29, 0.717) is 18.3 Å². The molecule has 0 spiro atoms. The number of thiophene rings is 1. The Hall–Kier alpha value is -1.25. The smallest absolute Gasteiger partial charge is 0.273 e. The molecule has 2 aromatic rings. The van der Waals surface area contributed by atoms with Crippen molar-refractivity contribution in [2.45, 2.75) is 12.5 Å². The molecule has 20 heavy (non-hydrogen) atoms. The SMILES string of the molecule is O=C(NCCc1ccc(Br)s1)c1cn(C2CNC2)nn1. The number of nitrogens with zero attached hydrogens (tertiary/aromatic N) is 3. The van der Waals surface area contributed by atoms with Gasteiger partial charge in [-0.1, -0.05) is 5.21 Å². The van der Waals surface area contributed by atoms with Crippen LogP contribution in [0, 0.1) is 0 Å². The molecule has 1 aliphatic rings. The molecule has 1 amide bonds. The molecule has 2 N–H and O–H groups in total. The van der Waals surface area contributed by atoms with E-state index in [1.807, 2.05) is 6.07 Å². The van der Waals surface area contributed by atoms with Crippen molar-refractivity contribution in [3.05, 3.63) is 32.7 Å². The normalized spacial score (nSPS) is 15.1. The van der Waals surface area contributed by atoms with Crippen LogP contribution in [0.3, 0.4) is 0 Å². The molecule has 0 atom stereocenters. The molecule has 106 valence electrons. The number of carbonyl (C=O) groups excluding carboxylic acids is 1. The monoisotopic (exact) mass is 355 g/mol. The van der Waals surface area contributed by atoms with Crippen LogP contribution in [0.5, 0.6) is 0 Å². The summed E-state index contributed by atoms with van der Waals surface area (Å²) in [5.41, 5.74) is 0.379. The van der Waals surface area contributed by atoms with E-state index in [4.69, 9.17) is 0 Å². The van der Waals surface area contributed by atoms with Crippen LogP contribution in [0.2, 0.25) is 0 Å². The summed E-state index contributed by atoms with van der Waals surface area (Å²) in [5.74, 6) is -0.167. The summed E-state index contributed by atoms with van der Waals surface area (Å²) < 4.78 is 2.86. The summed E-state index contributed by atoms with van der Waals surface area (Å²) in [6, 6.07) is 4.40. The molecule has 0 aromatic carbocycles. The van der Waals surface area contributed by atoms with Gasteiger partial charge in [0, 0.05) is 24.5 Å². The second-order valence-electron chi connectivity index (χ2n) is 4.61. The summed E-state index contributed by atoms with van der Waals surface area (Å²) in [5, 5.41) is 13.9. The fourth-order valence-electron chi connectivity index (χ4n) is 1.90. The van der Waals surface area contributed by atoms with Gasteiger partial charge in [-0.15, -0.1) is 16.4 Å². The van der Waals surface area contributed by atoms with Gasteiger partial charge in [-0.2, -0.15) is 0 Å². The molecule has 0 radical (unpaired) electrons. The molecule has 1 saturated heterocycles. The zero-order valence-corrected chi connectivity index (χ0v) is 13.1. The van der Waals surface area contributed by atoms with Gasteiger partial charge in [-0.05, 0) is 34.5 Å². The number of carbonyl (C=O) groups is 1. The van der Waals surface area contributed by atoms with Crippen LogP contribution < -0.4 is 10.6 Å². The second kappa shape index (κ2) is 6.02. The Morgan fingerprint density at radius 3 is 3.05 bits per heavy atom. The molecule has 0 aliphatic carbocycles. The minimum atomic E-state index is -0.167. The summed E-state index contributed by atoms with van der Waals surface area (Å²) in [6.45, 7) is 2.37. The molecular weight excluding hydrogens is 342 g/mol. The zero-order valence-electron chi connectivity index (χ0n) is 10.7. The van der Waals surface area contributed by atoms with Gasteiger partial charge in [-0.3, -0.25) is 4.79 Å². The second-order valence-corrected chi connectivity index (χ2v) is 7.16. The lowest BCUT2D eigenvalue weighted by Gasteiger charge is -2.26. The van der Waals surface area contributed by atoms with Crippen LogP contribution in [-0.2, 0) is 6.42 Å². The molecule has 1 aliphatic heterocycles. The Kier molecular flexibility index (Phi) is 4.13. The molecule has 3 heterocycles. The van der Waals surface area contributed by atoms with Crippen LogP contribution in [0.4, 0.5) is 0 Å². The van der Waals surface area contributed by atoms with Gasteiger partial charge in [0.2, 0.25) is 0 Å². The Morgan fingerprint density at radius 1 is 1.55 bits per heavy atom. The van der Waals surface area contributed by atoms with E-state index in [1.165, 1.54) is 4.88 Å². The first-order valence-electron chi connectivity index (χ1n) is 6.37. The van der Waals surface area contributed by atoms with Crippen LogP contribution in [0.25, 0.3) is 0 Å². The quantitative estimate of drug-likeness (QED) is 0.845. The van der Waals surface area contributed by atoms with Gasteiger partial charge in [0.15, 0.2) is 5.69 Å². The van der Waals surface area contributed by atoms with E-state index in [9.17, 15) is 4.79 Å². The third kappa shape index (κ3) is 3.08. The third-order valence-electron chi connectivity index (χ3n) is 3.16. The van der Waals surface area contributed by atoms with Crippen molar-refractivity contribution >= 4 is 33.2 Å². The minimum Gasteiger partial charge on any atom is -0.350 e. The molecule has 1 fully saturated rings. The molecule has 6 nitrogen and oxygen atoms in total. The first kappa shape index (κ1) is 13.7. The maximum atomic E-state index is 11.9. The number of aromatic nitrogens is 3. The van der Waals surface area contributed by atoms with Crippen molar-refractivity contribution in [1.82, 2.24) is 25.6 Å². The molecule has 0 unspecified atom stereocenters. The standard InChI is InChI=1S/C12H14BrN5OS/c13-11-2-1-9(20-11)3-4-15-12(19)10-7-18(17-16-10)8-5-14-6-8/h1-2,7-8,14H,3-6H2,(H,15,19). The lowest BCUT2D eigenvalue weighted by Crippen LogP contribution is -2.43. The van der Waals surface area contributed by atoms with Gasteiger partial charge in [-0.25, -0.2) is 4.68 Å². The van der Waals surface area contributed by atoms with Crippen molar-refractivity contribution < 1.29 is 4.79 Å². The Bertz CT molecular complexity index is 607. The molecular formula is C12H14BrN5OS. The Labute approximate surface area is 128 Å². The van der Waals surface area contributed by atoms with Crippen LogP contribution >= 0.6 is 27.3 Å². The summed E-state index contributed by atoms with van der Waals surface area (Å²) in [4.78, 5) is 13.2. The van der Waals surface area contributed by atoms with Gasteiger partial charge in [0.1, 0.15) is 0 Å². The van der Waals surface area contributed by atoms with Crippen molar-refractivity contribution in [3.8, 4) is 0 Å². The minimum absolute atomic E-state index is 0.167. The maximum Gasteiger partial charge on any atom is 0.273 e. The molecule has 3 rings (SSSR count). The zero-order chi connectivity index (χ0) is 13.9. The van der Waals surface area contributed by atoms with Crippen molar-refractivity contribution in [3.63, 3.8) is 0 Å². The van der Waals surface area contributed by atoms with E-state index >= 15 is 0 Å². The molecule has 0 saturated carbocycles. The molecule has 8 heteroatoms. The van der Waals surface area contributed by atoms with Crippen LogP contribution in [0.15, 0.2) is 22.1 Å². The van der Waals surface area contributed by atoms with Crippen LogP contribution in [0.1, 0.15) is 21.4 Å². The summed E-state index contributed by atoms with van der Waals surface area (Å²) in [6.07, 6.45) is 2.53. The number of hydrogen-bond donors (Lipinski definition) is 2. The molecule has 2 aromatic heterocycles. The highest BCUT2D eigenvalue weighted by Crippen LogP contribution is 2.22. The highest BCUT2D eigenvalue weighted by atomic mass is 79.9. The first-order chi connectivity index (χ1) is 9.72. The first-order valence-corrected chi connectivity index (χ1v) is 7.98. The van der Waals surface area contributed by atoms with E-state index in [1.54, 1.807) is 22.2 Å². The van der Waals surface area contributed by atoms with Gasteiger partial charge >= 0.3 is 0 Å². The predicted octanol–water partition coefficient (Wildman–Crippen LogP) is 1.22. The average molecular weight is 356 g/mol. The topological polar surface area (TPSA) is 71.8 Å². The Morgan fingerprint density at radius 2 is 2.40 bits per heavy atom. The number of hydrogen-bond acceptors (Lipinski definition) is 5. The summed E-state index contributed by atoms with van der Waals surface area (Å²) >= 11 is 5.10. The fourth-order valence-corrected chi connectivity index (χ4v) is 3.38. The van der Waals surface area contributed by atoms with Crippen molar-refractivity contribution in [1.29, 1.82) is 0 Å². The highest BCUT2D eigenvalue weighted by Gasteiger charge is 2.21. The van der Waals surface area contributed by atoms with Gasteiger partial charge in [0.05, 0.1) is 16.0 Å². The Balaban J connectivity index is 1.49. The van der Waals surface area contributed by atoms with Gasteiger partial charge in [0.25, 0.3) is 5.91 Å². The van der Waals surface area contributed by atoms with Gasteiger partial charge < -0.3 is 10.6 Å². The molecule has 0 bridgehead atoms. The number of halogens is 1. The van der Waals surface area contributed by atoms with Crippen molar-refractivity contribution in [2.24, 2.45) is 0 Å². The number of nitrogens with one attached hydrogen (secondary N) is 2. The highest BCUT2D eigenvalue weighted by molar-refractivity contribution is 9.11. The third-order valence-corrected chi connectivity index (χ3v) is 4.85. The van der Waals surface area contributed by atoms with E-state index in [2.05, 4.69) is 42.9 Å². The lowest BCUT2D eigenvalue weighted by molar-refractivity contribution is 0.0949. The predicted molar refractivity (Wildman–Crippen MR) is 80.0 cm³/mol. The van der Waals surface area contributed by atoms with E-state index < -0.39 is 0 Å². The van der Waals surface area contributed by atoms with Crippen LogP contribution in [-0.4, -0.2) is 40.5 Å².